The smallest absolute Gasteiger partial charge is 0.311 e. The molecule has 0 aliphatic heterocycles. The highest BCUT2D eigenvalue weighted by Gasteiger charge is 2.17. The molecule has 0 aliphatic carbocycles. The second-order valence-electron chi connectivity index (χ2n) is 6.03. The van der Waals surface area contributed by atoms with Crippen LogP contribution in [0.25, 0.3) is 6.08 Å². The summed E-state index contributed by atoms with van der Waals surface area (Å²) in [5, 5.41) is 15.2. The Morgan fingerprint density at radius 1 is 1.20 bits per heavy atom. The average molecular weight is 444 g/mol. The largest absolute Gasteiger partial charge is 0.490 e. The number of nitro benzene ring substituents is 1. The molecule has 1 N–H and O–H groups in total. The number of carbonyl (C=O) groups is 1. The van der Waals surface area contributed by atoms with Gasteiger partial charge in [0.2, 0.25) is 0 Å². The summed E-state index contributed by atoms with van der Waals surface area (Å²) in [5.41, 5.74) is 1.11. The summed E-state index contributed by atoms with van der Waals surface area (Å²) in [6.45, 7) is 0. The lowest BCUT2D eigenvalue weighted by Crippen LogP contribution is -2.00. The number of halogens is 2. The Morgan fingerprint density at radius 3 is 2.70 bits per heavy atom. The molecular weight excluding hydrogens is 429 g/mol. The number of nitrogens with one attached hydrogen (secondary N) is 1. The van der Waals surface area contributed by atoms with Crippen molar-refractivity contribution in [3.8, 4) is 5.75 Å². The molecule has 152 valence electrons. The molecule has 3 rings (SSSR count). The van der Waals surface area contributed by atoms with Crippen molar-refractivity contribution in [3.05, 3.63) is 92.1 Å². The summed E-state index contributed by atoms with van der Waals surface area (Å²) < 4.78 is 4.95. The first-order valence-electron chi connectivity index (χ1n) is 8.61. The predicted molar refractivity (Wildman–Crippen MR) is 117 cm³/mol. The number of nitrogens with zero attached hydrogens (tertiary/aromatic N) is 2. The van der Waals surface area contributed by atoms with Crippen LogP contribution in [0.4, 0.5) is 17.2 Å². The first-order chi connectivity index (χ1) is 14.4. The molecule has 0 aliphatic rings. The summed E-state index contributed by atoms with van der Waals surface area (Å²) in [6.07, 6.45) is 4.48. The molecule has 0 amide bonds. The van der Waals surface area contributed by atoms with Crippen molar-refractivity contribution in [2.24, 2.45) is 0 Å². The zero-order valence-electron chi connectivity index (χ0n) is 15.6. The minimum atomic E-state index is -0.599. The van der Waals surface area contributed by atoms with Crippen LogP contribution in [0, 0.1) is 10.1 Å². The molecule has 1 heterocycles. The number of anilines is 2. The van der Waals surface area contributed by atoms with Crippen molar-refractivity contribution < 1.29 is 14.5 Å². The van der Waals surface area contributed by atoms with Gasteiger partial charge in [-0.15, -0.1) is 0 Å². The molecule has 30 heavy (non-hydrogen) atoms. The second-order valence-corrected chi connectivity index (χ2v) is 6.88. The lowest BCUT2D eigenvalue weighted by Gasteiger charge is -2.10. The van der Waals surface area contributed by atoms with E-state index in [1.807, 2.05) is 0 Å². The van der Waals surface area contributed by atoms with Gasteiger partial charge >= 0.3 is 5.69 Å². The number of allylic oxidation sites excluding steroid dienone is 1. The Hall–Kier alpha value is -3.42. The molecule has 0 spiro atoms. The first kappa shape index (κ1) is 21.3. The summed E-state index contributed by atoms with van der Waals surface area (Å²) in [6, 6.07) is 12.5. The van der Waals surface area contributed by atoms with Gasteiger partial charge in [0, 0.05) is 28.4 Å². The van der Waals surface area contributed by atoms with Crippen LogP contribution in [0.5, 0.6) is 5.75 Å². The van der Waals surface area contributed by atoms with Crippen LogP contribution >= 0.6 is 23.2 Å². The van der Waals surface area contributed by atoms with Crippen molar-refractivity contribution in [2.45, 2.75) is 0 Å². The third-order valence-corrected chi connectivity index (χ3v) is 4.65. The maximum atomic E-state index is 12.5. The van der Waals surface area contributed by atoms with Crippen LogP contribution < -0.4 is 10.1 Å². The van der Waals surface area contributed by atoms with Crippen molar-refractivity contribution in [3.63, 3.8) is 0 Å². The van der Waals surface area contributed by atoms with Gasteiger partial charge in [0.1, 0.15) is 5.82 Å². The van der Waals surface area contributed by atoms with E-state index in [1.165, 1.54) is 31.4 Å². The van der Waals surface area contributed by atoms with E-state index in [1.54, 1.807) is 42.6 Å². The van der Waals surface area contributed by atoms with Gasteiger partial charge in [-0.05, 0) is 54.6 Å². The summed E-state index contributed by atoms with van der Waals surface area (Å²) in [4.78, 5) is 27.4. The van der Waals surface area contributed by atoms with E-state index < -0.39 is 10.7 Å². The quantitative estimate of drug-likeness (QED) is 0.210. The molecule has 1 aromatic heterocycles. The number of hydrogen-bond acceptors (Lipinski definition) is 6. The first-order valence-corrected chi connectivity index (χ1v) is 9.36. The fourth-order valence-electron chi connectivity index (χ4n) is 2.62. The van der Waals surface area contributed by atoms with Gasteiger partial charge in [0.15, 0.2) is 11.5 Å². The summed E-state index contributed by atoms with van der Waals surface area (Å²) >= 11 is 12.1. The van der Waals surface area contributed by atoms with Crippen LogP contribution in [0.15, 0.2) is 60.8 Å². The molecule has 0 bridgehead atoms. The molecular formula is C21H15Cl2N3O4. The Labute approximate surface area is 182 Å². The fraction of sp³-hybridized carbons (Fsp3) is 0.0476. The molecule has 9 heteroatoms. The summed E-state index contributed by atoms with van der Waals surface area (Å²) in [5.74, 6) is 0.158. The number of pyridine rings is 1. The van der Waals surface area contributed by atoms with Gasteiger partial charge in [-0.3, -0.25) is 14.9 Å². The topological polar surface area (TPSA) is 94.4 Å². The number of hydrogen-bond donors (Lipinski definition) is 1. The average Bonchev–Trinajstić information content (AvgIpc) is 2.74. The molecule has 0 saturated heterocycles. The van der Waals surface area contributed by atoms with E-state index in [9.17, 15) is 14.9 Å². The van der Waals surface area contributed by atoms with Gasteiger partial charge in [0.05, 0.1) is 22.7 Å². The van der Waals surface area contributed by atoms with Crippen LogP contribution in [0.2, 0.25) is 10.0 Å². The molecule has 2 aromatic carbocycles. The van der Waals surface area contributed by atoms with Crippen molar-refractivity contribution in [1.82, 2.24) is 4.98 Å². The van der Waals surface area contributed by atoms with Gasteiger partial charge in [-0.25, -0.2) is 4.98 Å². The highest BCUT2D eigenvalue weighted by Crippen LogP contribution is 2.30. The Morgan fingerprint density at radius 2 is 2.00 bits per heavy atom. The van der Waals surface area contributed by atoms with Gasteiger partial charge < -0.3 is 10.1 Å². The monoisotopic (exact) mass is 443 g/mol. The SMILES string of the molecule is COc1ccc(C(=O)/C=C/c2cccnc2Nc2ccc(Cl)cc2Cl)cc1[N+](=O)[O-]. The molecule has 0 fully saturated rings. The second kappa shape index (κ2) is 9.39. The molecule has 0 unspecified atom stereocenters. The lowest BCUT2D eigenvalue weighted by atomic mass is 10.1. The lowest BCUT2D eigenvalue weighted by molar-refractivity contribution is -0.385. The van der Waals surface area contributed by atoms with Crippen molar-refractivity contribution in [1.29, 1.82) is 0 Å². The number of ketones is 1. The minimum Gasteiger partial charge on any atom is -0.490 e. The zero-order valence-corrected chi connectivity index (χ0v) is 17.1. The van der Waals surface area contributed by atoms with E-state index >= 15 is 0 Å². The number of rotatable bonds is 7. The minimum absolute atomic E-state index is 0.0825. The zero-order chi connectivity index (χ0) is 21.7. The van der Waals surface area contributed by atoms with Gasteiger partial charge in [-0.2, -0.15) is 0 Å². The van der Waals surface area contributed by atoms with Gasteiger partial charge in [0.25, 0.3) is 0 Å². The number of aromatic nitrogens is 1. The third-order valence-electron chi connectivity index (χ3n) is 4.10. The number of ether oxygens (including phenoxy) is 1. The van der Waals surface area contributed by atoms with Gasteiger partial charge in [-0.1, -0.05) is 23.2 Å². The number of benzene rings is 2. The van der Waals surface area contributed by atoms with Crippen LogP contribution in [-0.4, -0.2) is 22.8 Å². The number of carbonyl (C=O) groups excluding carboxylic acids is 1. The van der Waals surface area contributed by atoms with Crippen molar-refractivity contribution >= 4 is 52.3 Å². The van der Waals surface area contributed by atoms with Crippen LogP contribution in [0.3, 0.4) is 0 Å². The van der Waals surface area contributed by atoms with Crippen molar-refractivity contribution in [2.75, 3.05) is 12.4 Å². The number of nitro groups is 1. The van der Waals surface area contributed by atoms with Crippen LogP contribution in [-0.2, 0) is 0 Å². The fourth-order valence-corrected chi connectivity index (χ4v) is 3.08. The standard InChI is InChI=1S/C21H15Cl2N3O4/c1-30-20-9-5-14(11-18(20)26(28)29)19(27)8-4-13-3-2-10-24-21(13)25-17-7-6-15(22)12-16(17)23/h2-12H,1H3,(H,24,25)/b8-4+. The summed E-state index contributed by atoms with van der Waals surface area (Å²) in [7, 11) is 1.33. The van der Waals surface area contributed by atoms with E-state index in [0.717, 1.165) is 0 Å². The number of methoxy groups -OCH3 is 1. The predicted octanol–water partition coefficient (Wildman–Crippen LogP) is 5.94. The Balaban J connectivity index is 1.85. The molecule has 0 atom stereocenters. The molecule has 7 nitrogen and oxygen atoms in total. The van der Waals surface area contributed by atoms with E-state index in [4.69, 9.17) is 27.9 Å². The molecule has 0 radical (unpaired) electrons. The van der Waals surface area contributed by atoms with E-state index in [2.05, 4.69) is 10.3 Å². The molecule has 3 aromatic rings. The normalized spacial score (nSPS) is 10.8. The van der Waals surface area contributed by atoms with E-state index in [0.29, 0.717) is 27.1 Å². The highest BCUT2D eigenvalue weighted by atomic mass is 35.5. The third kappa shape index (κ3) is 4.94. The van der Waals surface area contributed by atoms with Crippen LogP contribution in [0.1, 0.15) is 15.9 Å². The van der Waals surface area contributed by atoms with E-state index in [-0.39, 0.29) is 17.0 Å². The Kier molecular flexibility index (Phi) is 6.66. The Bertz CT molecular complexity index is 1150. The maximum absolute atomic E-state index is 12.5. The molecule has 0 saturated carbocycles. The highest BCUT2D eigenvalue weighted by molar-refractivity contribution is 6.36. The maximum Gasteiger partial charge on any atom is 0.311 e.